The molecule has 0 aliphatic carbocycles. The van der Waals surface area contributed by atoms with Crippen molar-refractivity contribution in [3.05, 3.63) is 65.9 Å². The molecule has 0 spiro atoms. The third kappa shape index (κ3) is 4.56. The maximum absolute atomic E-state index is 13.2. The quantitative estimate of drug-likeness (QED) is 0.481. The van der Waals surface area contributed by atoms with Crippen LogP contribution in [-0.4, -0.2) is 59.9 Å². The third-order valence-corrected chi connectivity index (χ3v) is 6.95. The Labute approximate surface area is 203 Å². The first-order valence-electron chi connectivity index (χ1n) is 11.8. The van der Waals surface area contributed by atoms with Gasteiger partial charge in [0.25, 0.3) is 5.91 Å². The van der Waals surface area contributed by atoms with Crippen LogP contribution < -0.4 is 4.74 Å². The number of benzene rings is 2. The first-order chi connectivity index (χ1) is 17.0. The molecule has 2 aliphatic rings. The van der Waals surface area contributed by atoms with Gasteiger partial charge in [-0.05, 0) is 37.3 Å². The Kier molecular flexibility index (Phi) is 6.35. The van der Waals surface area contributed by atoms with E-state index in [2.05, 4.69) is 33.7 Å². The standard InChI is InChI=1S/C27H28N4O4/c1-28-16-23-20-8-4-3-7-19(20)22(30(23)2)15-24(32)18-11-13-31(14-12-18)26(33)17-34-27-29-21-9-5-6-10-25(21)35-27/h3-10,16,18,22H,1,11-15,17H2,2H3/b23-16-. The van der Waals surface area contributed by atoms with Crippen LogP contribution in [0.1, 0.15) is 36.4 Å². The summed E-state index contributed by atoms with van der Waals surface area (Å²) >= 11 is 0. The smallest absolute Gasteiger partial charge is 0.395 e. The molecule has 3 heterocycles. The van der Waals surface area contributed by atoms with E-state index in [-0.39, 0.29) is 36.3 Å². The van der Waals surface area contributed by atoms with Gasteiger partial charge in [0.1, 0.15) is 11.3 Å². The number of amides is 1. The molecule has 0 radical (unpaired) electrons. The Hall–Kier alpha value is -3.94. The number of ketones is 1. The number of para-hydroxylation sites is 2. The van der Waals surface area contributed by atoms with Gasteiger partial charge in [0, 0.05) is 38.0 Å². The van der Waals surface area contributed by atoms with E-state index in [1.807, 2.05) is 37.4 Å². The molecule has 0 N–H and O–H groups in total. The molecule has 1 saturated heterocycles. The van der Waals surface area contributed by atoms with Crippen LogP contribution in [0.4, 0.5) is 0 Å². The Morgan fingerprint density at radius 1 is 1.17 bits per heavy atom. The van der Waals surface area contributed by atoms with Crippen LogP contribution in [0.15, 0.2) is 64.1 Å². The zero-order valence-electron chi connectivity index (χ0n) is 19.7. The first kappa shape index (κ1) is 22.8. The largest absolute Gasteiger partial charge is 0.440 e. The highest BCUT2D eigenvalue weighted by molar-refractivity contribution is 5.84. The average Bonchev–Trinajstić information content (AvgIpc) is 3.42. The number of hydrogen-bond acceptors (Lipinski definition) is 7. The van der Waals surface area contributed by atoms with Crippen molar-refractivity contribution < 1.29 is 18.7 Å². The molecule has 2 aromatic carbocycles. The van der Waals surface area contributed by atoms with E-state index in [9.17, 15) is 9.59 Å². The highest BCUT2D eigenvalue weighted by atomic mass is 16.6. The van der Waals surface area contributed by atoms with Crippen LogP contribution in [0.2, 0.25) is 0 Å². The Morgan fingerprint density at radius 2 is 1.91 bits per heavy atom. The van der Waals surface area contributed by atoms with Crippen LogP contribution in [0.5, 0.6) is 6.08 Å². The maximum atomic E-state index is 13.2. The molecule has 8 heteroatoms. The molecule has 1 amide bonds. The average molecular weight is 473 g/mol. The topological polar surface area (TPSA) is 88.2 Å². The summed E-state index contributed by atoms with van der Waals surface area (Å²) in [5.41, 5.74) is 4.52. The number of Topliss-reactive ketones (excluding diaryl/α,β-unsaturated/α-hetero) is 1. The second kappa shape index (κ2) is 9.74. The number of carbonyl (C=O) groups excluding carboxylic acids is 2. The van der Waals surface area contributed by atoms with Crippen molar-refractivity contribution >= 4 is 35.2 Å². The Balaban J connectivity index is 1.14. The molecule has 3 aromatic rings. The summed E-state index contributed by atoms with van der Waals surface area (Å²) in [6.07, 6.45) is 3.58. The van der Waals surface area contributed by atoms with E-state index >= 15 is 0 Å². The number of aromatic nitrogens is 1. The van der Waals surface area contributed by atoms with Crippen molar-refractivity contribution in [3.8, 4) is 6.08 Å². The van der Waals surface area contributed by atoms with Crippen LogP contribution in [0.25, 0.3) is 16.8 Å². The van der Waals surface area contributed by atoms with Crippen molar-refractivity contribution in [2.75, 3.05) is 26.7 Å². The normalized spacial score (nSPS) is 19.2. The second-order valence-corrected chi connectivity index (χ2v) is 8.97. The van der Waals surface area contributed by atoms with E-state index in [4.69, 9.17) is 9.15 Å². The van der Waals surface area contributed by atoms with Crippen molar-refractivity contribution in [3.63, 3.8) is 0 Å². The minimum absolute atomic E-state index is 0.0175. The predicted molar refractivity (Wildman–Crippen MR) is 133 cm³/mol. The molecule has 2 aliphatic heterocycles. The van der Waals surface area contributed by atoms with Crippen LogP contribution >= 0.6 is 0 Å². The summed E-state index contributed by atoms with van der Waals surface area (Å²) in [7, 11) is 1.99. The van der Waals surface area contributed by atoms with E-state index in [1.165, 1.54) is 0 Å². The van der Waals surface area contributed by atoms with Crippen molar-refractivity contribution in [1.29, 1.82) is 0 Å². The van der Waals surface area contributed by atoms with Gasteiger partial charge in [-0.3, -0.25) is 14.6 Å². The fourth-order valence-electron chi connectivity index (χ4n) is 5.02. The number of fused-ring (bicyclic) bond motifs is 2. The molecule has 1 unspecified atom stereocenters. The van der Waals surface area contributed by atoms with Gasteiger partial charge >= 0.3 is 6.08 Å². The summed E-state index contributed by atoms with van der Waals surface area (Å²) in [5.74, 6) is 0.0525. The number of piperidine rings is 1. The van der Waals surface area contributed by atoms with E-state index < -0.39 is 0 Å². The minimum Gasteiger partial charge on any atom is -0.440 e. The predicted octanol–water partition coefficient (Wildman–Crippen LogP) is 4.09. The summed E-state index contributed by atoms with van der Waals surface area (Å²) in [6.45, 7) is 4.52. The number of aliphatic imine (C=N–C) groups is 1. The number of ether oxygens (including phenoxy) is 1. The van der Waals surface area contributed by atoms with Gasteiger partial charge in [0.15, 0.2) is 12.2 Å². The van der Waals surface area contributed by atoms with Gasteiger partial charge < -0.3 is 19.0 Å². The van der Waals surface area contributed by atoms with Gasteiger partial charge in [-0.2, -0.15) is 4.98 Å². The summed E-state index contributed by atoms with van der Waals surface area (Å²) in [6, 6.07) is 15.5. The monoisotopic (exact) mass is 472 g/mol. The molecular formula is C27H28N4O4. The molecular weight excluding hydrogens is 444 g/mol. The Morgan fingerprint density at radius 3 is 2.69 bits per heavy atom. The lowest BCUT2D eigenvalue weighted by molar-refractivity contribution is -0.137. The lowest BCUT2D eigenvalue weighted by Crippen LogP contribution is -2.42. The lowest BCUT2D eigenvalue weighted by Gasteiger charge is -2.32. The highest BCUT2D eigenvalue weighted by Crippen LogP contribution is 2.42. The molecule has 0 saturated carbocycles. The SMILES string of the molecule is C=N/C=C1/c2ccccc2C(CC(=O)C2CCN(C(=O)COc3nc4ccccc4o3)CC2)N1C. The van der Waals surface area contributed by atoms with E-state index in [0.717, 1.165) is 16.8 Å². The van der Waals surface area contributed by atoms with Gasteiger partial charge in [0.2, 0.25) is 0 Å². The highest BCUT2D eigenvalue weighted by Gasteiger charge is 2.35. The molecule has 35 heavy (non-hydrogen) atoms. The van der Waals surface area contributed by atoms with Gasteiger partial charge in [-0.1, -0.05) is 36.4 Å². The fourth-order valence-corrected chi connectivity index (χ4v) is 5.02. The summed E-state index contributed by atoms with van der Waals surface area (Å²) in [5, 5.41) is 0. The number of rotatable bonds is 7. The number of nitrogens with zero attached hydrogens (tertiary/aromatic N) is 4. The fraction of sp³-hybridized carbons (Fsp3) is 0.333. The van der Waals surface area contributed by atoms with E-state index in [1.54, 1.807) is 17.2 Å². The molecule has 0 bridgehead atoms. The number of oxazole rings is 1. The molecule has 1 aromatic heterocycles. The van der Waals surface area contributed by atoms with Crippen molar-refractivity contribution in [1.82, 2.24) is 14.8 Å². The number of hydrogen-bond donors (Lipinski definition) is 0. The molecule has 5 rings (SSSR count). The minimum atomic E-state index is -0.137. The van der Waals surface area contributed by atoms with Crippen LogP contribution in [-0.2, 0) is 9.59 Å². The molecule has 1 fully saturated rings. The van der Waals surface area contributed by atoms with Crippen molar-refractivity contribution in [2.24, 2.45) is 10.9 Å². The van der Waals surface area contributed by atoms with Crippen LogP contribution in [0.3, 0.4) is 0 Å². The number of likely N-dealkylation sites (tertiary alicyclic amines) is 1. The summed E-state index contributed by atoms with van der Waals surface area (Å²) in [4.78, 5) is 37.9. The summed E-state index contributed by atoms with van der Waals surface area (Å²) < 4.78 is 11.0. The zero-order valence-corrected chi connectivity index (χ0v) is 19.7. The molecule has 8 nitrogen and oxygen atoms in total. The number of carbonyl (C=O) groups is 2. The van der Waals surface area contributed by atoms with Crippen molar-refractivity contribution in [2.45, 2.75) is 25.3 Å². The van der Waals surface area contributed by atoms with Crippen LogP contribution in [0, 0.1) is 5.92 Å². The third-order valence-electron chi connectivity index (χ3n) is 6.95. The first-order valence-corrected chi connectivity index (χ1v) is 11.8. The zero-order chi connectivity index (χ0) is 24.4. The lowest BCUT2D eigenvalue weighted by atomic mass is 9.88. The van der Waals surface area contributed by atoms with E-state index in [0.29, 0.717) is 43.5 Å². The van der Waals surface area contributed by atoms with Gasteiger partial charge in [-0.15, -0.1) is 0 Å². The molecule has 1 atom stereocenters. The maximum Gasteiger partial charge on any atom is 0.395 e. The molecule has 180 valence electrons. The Bertz CT molecular complexity index is 1260. The second-order valence-electron chi connectivity index (χ2n) is 8.97. The van der Waals surface area contributed by atoms with Gasteiger partial charge in [0.05, 0.1) is 17.9 Å². The van der Waals surface area contributed by atoms with Gasteiger partial charge in [-0.25, -0.2) is 0 Å².